The van der Waals surface area contributed by atoms with Crippen molar-refractivity contribution in [1.82, 2.24) is 4.90 Å². The predicted octanol–water partition coefficient (Wildman–Crippen LogP) is -0.553. The fourth-order valence-corrected chi connectivity index (χ4v) is 4.24. The molecule has 24 heavy (non-hydrogen) atoms. The molecule has 0 unspecified atom stereocenters. The van der Waals surface area contributed by atoms with E-state index in [4.69, 9.17) is 14.2 Å². The van der Waals surface area contributed by atoms with Crippen LogP contribution in [0.1, 0.15) is 5.56 Å². The molecule has 2 fully saturated rings. The minimum absolute atomic E-state index is 0.194. The lowest BCUT2D eigenvalue weighted by molar-refractivity contribution is -0.313. The second kappa shape index (κ2) is 4.51. The Kier molecular flexibility index (Phi) is 2.60. The van der Waals surface area contributed by atoms with Gasteiger partial charge in [-0.3, -0.25) is 4.79 Å². The first-order chi connectivity index (χ1) is 11.6. The highest BCUT2D eigenvalue weighted by Gasteiger charge is 2.65. The summed E-state index contributed by atoms with van der Waals surface area (Å²) in [6, 6.07) is 5.52. The Morgan fingerprint density at radius 1 is 1.33 bits per heavy atom. The number of carboxylic acids is 1. The quantitative estimate of drug-likeness (QED) is 0.692. The first-order valence-electron chi connectivity index (χ1n) is 7.83. The molecule has 5 rings (SSSR count). The summed E-state index contributed by atoms with van der Waals surface area (Å²) in [5.74, 6) is -1.70. The number of likely N-dealkylation sites (tertiary alicyclic amines) is 1. The van der Waals surface area contributed by atoms with Gasteiger partial charge in [-0.2, -0.15) is 0 Å². The molecular weight excluding hydrogens is 314 g/mol. The van der Waals surface area contributed by atoms with Crippen LogP contribution in [0.4, 0.5) is 0 Å². The van der Waals surface area contributed by atoms with Crippen LogP contribution in [0.5, 0.6) is 11.5 Å². The number of carbonyl (C=O) groups excluding carboxylic acids is 2. The van der Waals surface area contributed by atoms with Gasteiger partial charge < -0.3 is 29.0 Å². The number of amides is 1. The normalized spacial score (nSPS) is 34.9. The van der Waals surface area contributed by atoms with Crippen molar-refractivity contribution in [3.8, 4) is 11.5 Å². The second-order valence-corrected chi connectivity index (χ2v) is 6.60. The van der Waals surface area contributed by atoms with Crippen LogP contribution in [0.25, 0.3) is 0 Å². The van der Waals surface area contributed by atoms with Gasteiger partial charge >= 0.3 is 0 Å². The SMILES string of the molecule is O=C([O-])[C@@H]1[C@@H]2C=C[C@]3(CN(Cc4ccc5c(c4)OCO5)C(=O)[C@@H]13)O2. The molecule has 7 nitrogen and oxygen atoms in total. The maximum absolute atomic E-state index is 12.8. The van der Waals surface area contributed by atoms with Gasteiger partial charge in [0.1, 0.15) is 5.60 Å². The van der Waals surface area contributed by atoms with E-state index in [0.29, 0.717) is 24.6 Å². The van der Waals surface area contributed by atoms with Crippen LogP contribution in [0.15, 0.2) is 30.4 Å². The fourth-order valence-electron chi connectivity index (χ4n) is 4.24. The van der Waals surface area contributed by atoms with Gasteiger partial charge in [0.05, 0.1) is 18.6 Å². The van der Waals surface area contributed by atoms with Gasteiger partial charge in [-0.1, -0.05) is 18.2 Å². The Morgan fingerprint density at radius 2 is 2.17 bits per heavy atom. The van der Waals surface area contributed by atoms with Crippen molar-refractivity contribution in [2.45, 2.75) is 18.2 Å². The Labute approximate surface area is 137 Å². The van der Waals surface area contributed by atoms with E-state index in [-0.39, 0.29) is 12.7 Å². The van der Waals surface area contributed by atoms with E-state index < -0.39 is 29.5 Å². The van der Waals surface area contributed by atoms with Gasteiger partial charge in [0.25, 0.3) is 0 Å². The van der Waals surface area contributed by atoms with Crippen LogP contribution in [0.2, 0.25) is 0 Å². The number of fused-ring (bicyclic) bond motifs is 2. The number of carboxylic acid groups (broad SMARTS) is 1. The van der Waals surface area contributed by atoms with Crippen LogP contribution in [-0.2, 0) is 20.9 Å². The molecule has 1 aromatic carbocycles. The zero-order valence-corrected chi connectivity index (χ0v) is 12.6. The van der Waals surface area contributed by atoms with E-state index in [1.165, 1.54) is 0 Å². The van der Waals surface area contributed by atoms with Gasteiger partial charge in [0, 0.05) is 18.4 Å². The van der Waals surface area contributed by atoms with Gasteiger partial charge in [0.15, 0.2) is 11.5 Å². The molecule has 0 aromatic heterocycles. The molecule has 1 spiro atoms. The van der Waals surface area contributed by atoms with Crippen molar-refractivity contribution in [3.63, 3.8) is 0 Å². The molecule has 124 valence electrons. The number of aliphatic carboxylic acids is 1. The van der Waals surface area contributed by atoms with E-state index in [0.717, 1.165) is 5.56 Å². The smallest absolute Gasteiger partial charge is 0.231 e. The van der Waals surface area contributed by atoms with E-state index in [9.17, 15) is 14.7 Å². The van der Waals surface area contributed by atoms with Crippen LogP contribution in [0.3, 0.4) is 0 Å². The molecule has 7 heteroatoms. The maximum atomic E-state index is 12.8. The summed E-state index contributed by atoms with van der Waals surface area (Å²) in [7, 11) is 0. The summed E-state index contributed by atoms with van der Waals surface area (Å²) in [4.78, 5) is 25.9. The molecule has 4 atom stereocenters. The summed E-state index contributed by atoms with van der Waals surface area (Å²) in [5, 5.41) is 11.4. The molecule has 4 heterocycles. The minimum Gasteiger partial charge on any atom is -0.550 e. The molecule has 0 N–H and O–H groups in total. The number of hydrogen-bond acceptors (Lipinski definition) is 6. The lowest BCUT2D eigenvalue weighted by atomic mass is 9.77. The number of carbonyl (C=O) groups is 2. The summed E-state index contributed by atoms with van der Waals surface area (Å²) in [6.07, 6.45) is 3.00. The minimum atomic E-state index is -1.23. The van der Waals surface area contributed by atoms with Gasteiger partial charge in [-0.05, 0) is 17.7 Å². The maximum Gasteiger partial charge on any atom is 0.231 e. The molecule has 1 amide bonds. The Bertz CT molecular complexity index is 789. The Balaban J connectivity index is 1.42. The second-order valence-electron chi connectivity index (χ2n) is 6.60. The van der Waals surface area contributed by atoms with Gasteiger partial charge in [-0.25, -0.2) is 0 Å². The van der Waals surface area contributed by atoms with Crippen LogP contribution in [0, 0.1) is 11.8 Å². The summed E-state index contributed by atoms with van der Waals surface area (Å²) in [5.41, 5.74) is 0.0653. The monoisotopic (exact) mass is 328 g/mol. The van der Waals surface area contributed by atoms with Crippen LogP contribution >= 0.6 is 0 Å². The summed E-state index contributed by atoms with van der Waals surface area (Å²) in [6.45, 7) is 0.914. The van der Waals surface area contributed by atoms with E-state index in [2.05, 4.69) is 0 Å². The van der Waals surface area contributed by atoms with Crippen LogP contribution < -0.4 is 14.6 Å². The zero-order chi connectivity index (χ0) is 16.5. The van der Waals surface area contributed by atoms with Crippen molar-refractivity contribution in [1.29, 1.82) is 0 Å². The van der Waals surface area contributed by atoms with Crippen molar-refractivity contribution in [3.05, 3.63) is 35.9 Å². The molecule has 4 aliphatic rings. The lowest BCUT2D eigenvalue weighted by Crippen LogP contribution is -2.45. The van der Waals surface area contributed by atoms with E-state index >= 15 is 0 Å². The average molecular weight is 328 g/mol. The molecule has 4 aliphatic heterocycles. The molecule has 0 radical (unpaired) electrons. The largest absolute Gasteiger partial charge is 0.550 e. The predicted molar refractivity (Wildman–Crippen MR) is 76.7 cm³/mol. The van der Waals surface area contributed by atoms with Gasteiger partial charge in [-0.15, -0.1) is 0 Å². The lowest BCUT2D eigenvalue weighted by Gasteiger charge is -2.24. The highest BCUT2D eigenvalue weighted by Crippen LogP contribution is 2.51. The number of hydrogen-bond donors (Lipinski definition) is 0. The number of rotatable bonds is 3. The summed E-state index contributed by atoms with van der Waals surface area (Å²) >= 11 is 0. The van der Waals surface area contributed by atoms with E-state index in [1.54, 1.807) is 11.0 Å². The molecular formula is C17H14NO6-. The average Bonchev–Trinajstić information content (AvgIpc) is 3.28. The number of nitrogens with zero attached hydrogens (tertiary/aromatic N) is 1. The van der Waals surface area contributed by atoms with Crippen molar-refractivity contribution in [2.75, 3.05) is 13.3 Å². The Hall–Kier alpha value is -2.54. The third-order valence-electron chi connectivity index (χ3n) is 5.26. The van der Waals surface area contributed by atoms with Gasteiger partial charge in [0.2, 0.25) is 12.7 Å². The standard InChI is InChI=1S/C17H15NO6/c19-15-14-13(16(20)21)11-3-4-17(14,24-11)7-18(15)6-9-1-2-10-12(5-9)23-8-22-10/h1-5,11,13-14H,6-8H2,(H,20,21)/p-1/t11-,13+,14+,17+/m0/s1. The van der Waals surface area contributed by atoms with E-state index in [1.807, 2.05) is 24.3 Å². The highest BCUT2D eigenvalue weighted by atomic mass is 16.7. The molecule has 2 saturated heterocycles. The van der Waals surface area contributed by atoms with Crippen LogP contribution in [-0.4, -0.2) is 41.8 Å². The molecule has 1 aromatic rings. The zero-order valence-electron chi connectivity index (χ0n) is 12.6. The highest BCUT2D eigenvalue weighted by molar-refractivity contribution is 5.90. The topological polar surface area (TPSA) is 88.1 Å². The summed E-state index contributed by atoms with van der Waals surface area (Å²) < 4.78 is 16.5. The first-order valence-corrected chi connectivity index (χ1v) is 7.83. The number of ether oxygens (including phenoxy) is 3. The van der Waals surface area contributed by atoms with Crippen molar-refractivity contribution >= 4 is 11.9 Å². The fraction of sp³-hybridized carbons (Fsp3) is 0.412. The third kappa shape index (κ3) is 1.70. The number of benzene rings is 1. The third-order valence-corrected chi connectivity index (χ3v) is 5.26. The van der Waals surface area contributed by atoms with Crippen molar-refractivity contribution in [2.24, 2.45) is 11.8 Å². The Morgan fingerprint density at radius 3 is 3.00 bits per heavy atom. The molecule has 0 saturated carbocycles. The first kappa shape index (κ1) is 13.9. The van der Waals surface area contributed by atoms with Crippen molar-refractivity contribution < 1.29 is 28.9 Å². The molecule has 0 aliphatic carbocycles. The molecule has 2 bridgehead atoms.